The van der Waals surface area contributed by atoms with Gasteiger partial charge in [-0.2, -0.15) is 0 Å². The van der Waals surface area contributed by atoms with Gasteiger partial charge in [0.25, 0.3) is 0 Å². The number of carbonyl (C=O) groups excluding carboxylic acids is 2. The Hall–Kier alpha value is -1.26. The molecule has 0 aromatic rings. The third-order valence-corrected chi connectivity index (χ3v) is 1.86. The summed E-state index contributed by atoms with van der Waals surface area (Å²) in [6.45, 7) is 11.0. The van der Waals surface area contributed by atoms with Crippen molar-refractivity contribution in [1.29, 1.82) is 0 Å². The normalized spacial score (nSPS) is 11.2. The van der Waals surface area contributed by atoms with E-state index in [2.05, 4.69) is 0 Å². The average Bonchev–Trinajstić information content (AvgIpc) is 2.11. The Labute approximate surface area is 103 Å². The maximum Gasteiger partial charge on any atom is 0.411 e. The predicted molar refractivity (Wildman–Crippen MR) is 64.7 cm³/mol. The van der Waals surface area contributed by atoms with Crippen LogP contribution in [0.2, 0.25) is 0 Å². The molecule has 0 saturated heterocycles. The highest BCUT2D eigenvalue weighted by Gasteiger charge is 2.26. The van der Waals surface area contributed by atoms with Gasteiger partial charge in [0.2, 0.25) is 0 Å². The van der Waals surface area contributed by atoms with E-state index in [1.165, 1.54) is 4.90 Å². The Morgan fingerprint density at radius 3 is 2.12 bits per heavy atom. The van der Waals surface area contributed by atoms with Crippen LogP contribution >= 0.6 is 0 Å². The van der Waals surface area contributed by atoms with Crippen molar-refractivity contribution in [3.8, 4) is 0 Å². The van der Waals surface area contributed by atoms with E-state index in [0.717, 1.165) is 0 Å². The van der Waals surface area contributed by atoms with E-state index in [-0.39, 0.29) is 12.6 Å². The van der Waals surface area contributed by atoms with E-state index in [0.29, 0.717) is 6.61 Å². The third kappa shape index (κ3) is 6.81. The second-order valence-electron chi connectivity index (χ2n) is 5.01. The largest absolute Gasteiger partial charge is 0.465 e. The van der Waals surface area contributed by atoms with E-state index in [1.54, 1.807) is 27.7 Å². The Morgan fingerprint density at radius 1 is 1.24 bits per heavy atom. The molecule has 0 unspecified atom stereocenters. The lowest BCUT2D eigenvalue weighted by Gasteiger charge is -2.29. The number of ether oxygens (including phenoxy) is 2. The summed E-state index contributed by atoms with van der Waals surface area (Å²) in [6.07, 6.45) is -0.499. The summed E-state index contributed by atoms with van der Waals surface area (Å²) in [6, 6.07) is -0.116. The van der Waals surface area contributed by atoms with Gasteiger partial charge in [0.15, 0.2) is 0 Å². The fraction of sp³-hybridized carbons (Fsp3) is 0.833. The lowest BCUT2D eigenvalue weighted by atomic mass is 10.2. The molecule has 17 heavy (non-hydrogen) atoms. The molecule has 0 N–H and O–H groups in total. The van der Waals surface area contributed by atoms with E-state index in [1.807, 2.05) is 13.8 Å². The number of nitrogens with zero attached hydrogens (tertiary/aromatic N) is 1. The van der Waals surface area contributed by atoms with Gasteiger partial charge >= 0.3 is 12.1 Å². The molecule has 0 aromatic heterocycles. The van der Waals surface area contributed by atoms with Crippen molar-refractivity contribution in [1.82, 2.24) is 4.90 Å². The van der Waals surface area contributed by atoms with Gasteiger partial charge in [0.05, 0.1) is 6.61 Å². The Kier molecular flexibility index (Phi) is 5.99. The van der Waals surface area contributed by atoms with E-state index >= 15 is 0 Å². The van der Waals surface area contributed by atoms with Crippen molar-refractivity contribution in [3.05, 3.63) is 0 Å². The van der Waals surface area contributed by atoms with Crippen LogP contribution in [0.25, 0.3) is 0 Å². The summed E-state index contributed by atoms with van der Waals surface area (Å²) < 4.78 is 10.0. The van der Waals surface area contributed by atoms with Crippen molar-refractivity contribution < 1.29 is 19.1 Å². The van der Waals surface area contributed by atoms with Crippen LogP contribution in [0.4, 0.5) is 4.79 Å². The topological polar surface area (TPSA) is 55.8 Å². The smallest absolute Gasteiger partial charge is 0.411 e. The lowest BCUT2D eigenvalue weighted by molar-refractivity contribution is -0.144. The summed E-state index contributed by atoms with van der Waals surface area (Å²) in [4.78, 5) is 24.5. The predicted octanol–water partition coefficient (Wildman–Crippen LogP) is 2.20. The second-order valence-corrected chi connectivity index (χ2v) is 5.01. The molecular weight excluding hydrogens is 222 g/mol. The van der Waals surface area contributed by atoms with E-state index < -0.39 is 17.7 Å². The zero-order valence-corrected chi connectivity index (χ0v) is 11.6. The maximum absolute atomic E-state index is 11.8. The number of amides is 1. The molecule has 1 amide bonds. The van der Waals surface area contributed by atoms with Gasteiger partial charge in [-0.3, -0.25) is 9.69 Å². The number of rotatable bonds is 4. The second kappa shape index (κ2) is 6.47. The number of carbonyl (C=O) groups is 2. The molecule has 0 aromatic carbocycles. The molecule has 0 aliphatic carbocycles. The zero-order valence-electron chi connectivity index (χ0n) is 11.6. The van der Waals surface area contributed by atoms with Gasteiger partial charge < -0.3 is 9.47 Å². The number of hydrogen-bond acceptors (Lipinski definition) is 4. The van der Waals surface area contributed by atoms with Gasteiger partial charge in [-0.1, -0.05) is 0 Å². The molecule has 0 spiro atoms. The van der Waals surface area contributed by atoms with Crippen molar-refractivity contribution >= 4 is 12.1 Å². The molecule has 0 saturated carbocycles. The van der Waals surface area contributed by atoms with Crippen LogP contribution in [0.1, 0.15) is 41.5 Å². The van der Waals surface area contributed by atoms with Crippen molar-refractivity contribution in [2.45, 2.75) is 53.2 Å². The standard InChI is InChI=1S/C12H23NO4/c1-7-16-10(14)8-13(9(2)3)11(15)17-12(4,5)6/h9H,7-8H2,1-6H3. The molecule has 0 heterocycles. The number of hydrogen-bond donors (Lipinski definition) is 0. The molecule has 5 heteroatoms. The Bertz CT molecular complexity index is 268. The van der Waals surface area contributed by atoms with Crippen LogP contribution in [-0.4, -0.2) is 41.8 Å². The molecule has 0 fully saturated rings. The molecule has 0 radical (unpaired) electrons. The molecule has 0 bridgehead atoms. The third-order valence-electron chi connectivity index (χ3n) is 1.86. The lowest BCUT2D eigenvalue weighted by Crippen LogP contribution is -2.44. The average molecular weight is 245 g/mol. The van der Waals surface area contributed by atoms with Crippen LogP contribution < -0.4 is 0 Å². The minimum Gasteiger partial charge on any atom is -0.465 e. The molecular formula is C12H23NO4. The highest BCUT2D eigenvalue weighted by Crippen LogP contribution is 2.11. The van der Waals surface area contributed by atoms with Crippen molar-refractivity contribution in [3.63, 3.8) is 0 Å². The summed E-state index contributed by atoms with van der Waals surface area (Å²) in [7, 11) is 0. The first-order valence-corrected chi connectivity index (χ1v) is 5.82. The maximum atomic E-state index is 11.8. The van der Waals surface area contributed by atoms with Crippen LogP contribution in [0.3, 0.4) is 0 Å². The Morgan fingerprint density at radius 2 is 1.76 bits per heavy atom. The molecule has 0 atom stereocenters. The monoisotopic (exact) mass is 245 g/mol. The zero-order chi connectivity index (χ0) is 13.6. The van der Waals surface area contributed by atoms with Gasteiger partial charge in [0, 0.05) is 6.04 Å². The first-order chi connectivity index (χ1) is 7.67. The van der Waals surface area contributed by atoms with Crippen molar-refractivity contribution in [2.24, 2.45) is 0 Å². The first kappa shape index (κ1) is 15.7. The minimum atomic E-state index is -0.571. The van der Waals surface area contributed by atoms with E-state index in [4.69, 9.17) is 9.47 Å². The van der Waals surface area contributed by atoms with Gasteiger partial charge in [-0.25, -0.2) is 4.79 Å². The van der Waals surface area contributed by atoms with Gasteiger partial charge in [-0.05, 0) is 41.5 Å². The van der Waals surface area contributed by atoms with Gasteiger partial charge in [-0.15, -0.1) is 0 Å². The van der Waals surface area contributed by atoms with Crippen LogP contribution in [0.5, 0.6) is 0 Å². The fourth-order valence-corrected chi connectivity index (χ4v) is 1.12. The molecule has 0 aliphatic rings. The molecule has 0 rings (SSSR count). The quantitative estimate of drug-likeness (QED) is 0.712. The summed E-state index contributed by atoms with van der Waals surface area (Å²) in [5.41, 5.74) is -0.571. The Balaban J connectivity index is 4.53. The fourth-order valence-electron chi connectivity index (χ4n) is 1.12. The highest BCUT2D eigenvalue weighted by atomic mass is 16.6. The number of esters is 1. The van der Waals surface area contributed by atoms with Crippen LogP contribution in [0.15, 0.2) is 0 Å². The first-order valence-electron chi connectivity index (χ1n) is 5.82. The van der Waals surface area contributed by atoms with E-state index in [9.17, 15) is 9.59 Å². The SMILES string of the molecule is CCOC(=O)CN(C(=O)OC(C)(C)C)C(C)C. The summed E-state index contributed by atoms with van der Waals surface area (Å²) >= 11 is 0. The molecule has 0 aliphatic heterocycles. The molecule has 100 valence electrons. The van der Waals surface area contributed by atoms with Gasteiger partial charge in [0.1, 0.15) is 12.1 Å². The van der Waals surface area contributed by atoms with Crippen LogP contribution in [-0.2, 0) is 14.3 Å². The summed E-state index contributed by atoms with van der Waals surface area (Å²) in [5, 5.41) is 0. The molecule has 5 nitrogen and oxygen atoms in total. The van der Waals surface area contributed by atoms with Crippen molar-refractivity contribution in [2.75, 3.05) is 13.2 Å². The van der Waals surface area contributed by atoms with Crippen LogP contribution in [0, 0.1) is 0 Å². The minimum absolute atomic E-state index is 0.0829. The summed E-state index contributed by atoms with van der Waals surface area (Å²) in [5.74, 6) is -0.424. The highest BCUT2D eigenvalue weighted by molar-refractivity contribution is 5.78.